The van der Waals surface area contributed by atoms with Crippen LogP contribution in [0.1, 0.15) is 62.6 Å². The van der Waals surface area contributed by atoms with Crippen molar-refractivity contribution < 1.29 is 0 Å². The predicted octanol–water partition coefficient (Wildman–Crippen LogP) is 4.65. The van der Waals surface area contributed by atoms with Crippen molar-refractivity contribution in [3.8, 4) is 0 Å². The quantitative estimate of drug-likeness (QED) is 0.752. The third kappa shape index (κ3) is 5.72. The van der Waals surface area contributed by atoms with Crippen LogP contribution in [-0.4, -0.2) is 24.0 Å². The normalized spacial score (nSPS) is 17.0. The van der Waals surface area contributed by atoms with Crippen LogP contribution in [-0.2, 0) is 13.1 Å². The highest BCUT2D eigenvalue weighted by Gasteiger charge is 2.20. The molecule has 21 heavy (non-hydrogen) atoms. The lowest BCUT2D eigenvalue weighted by molar-refractivity contribution is 0.157. The van der Waals surface area contributed by atoms with E-state index in [2.05, 4.69) is 43.1 Å². The van der Waals surface area contributed by atoms with Crippen LogP contribution >= 0.6 is 11.3 Å². The fourth-order valence-electron chi connectivity index (χ4n) is 3.23. The fourth-order valence-corrected chi connectivity index (χ4v) is 4.25. The van der Waals surface area contributed by atoms with E-state index in [1.54, 1.807) is 0 Å². The molecular formula is C18H32N2S. The van der Waals surface area contributed by atoms with Crippen molar-refractivity contribution in [3.63, 3.8) is 0 Å². The second kappa shape index (κ2) is 8.92. The van der Waals surface area contributed by atoms with Gasteiger partial charge in [0.25, 0.3) is 0 Å². The van der Waals surface area contributed by atoms with Crippen molar-refractivity contribution >= 4 is 11.3 Å². The summed E-state index contributed by atoms with van der Waals surface area (Å²) in [7, 11) is 0. The maximum Gasteiger partial charge on any atom is 0.0330 e. The molecule has 0 atom stereocenters. The van der Waals surface area contributed by atoms with Crippen LogP contribution in [0.25, 0.3) is 0 Å². The number of nitrogens with zero attached hydrogens (tertiary/aromatic N) is 1. The van der Waals surface area contributed by atoms with Gasteiger partial charge >= 0.3 is 0 Å². The molecule has 0 bridgehead atoms. The van der Waals surface area contributed by atoms with E-state index in [0.29, 0.717) is 0 Å². The molecule has 0 aromatic carbocycles. The van der Waals surface area contributed by atoms with Gasteiger partial charge in [-0.25, -0.2) is 0 Å². The number of hydrogen-bond acceptors (Lipinski definition) is 3. The number of rotatable bonds is 8. The number of nitrogens with one attached hydrogen (secondary N) is 1. The van der Waals surface area contributed by atoms with Gasteiger partial charge in [-0.15, -0.1) is 11.3 Å². The molecule has 0 radical (unpaired) electrons. The van der Waals surface area contributed by atoms with Crippen LogP contribution in [0.3, 0.4) is 0 Å². The summed E-state index contributed by atoms with van der Waals surface area (Å²) in [4.78, 5) is 5.70. The lowest BCUT2D eigenvalue weighted by Gasteiger charge is -2.33. The highest BCUT2D eigenvalue weighted by molar-refractivity contribution is 7.11. The Labute approximate surface area is 134 Å². The van der Waals surface area contributed by atoms with E-state index in [-0.39, 0.29) is 0 Å². The molecule has 0 saturated heterocycles. The molecule has 1 heterocycles. The molecule has 2 rings (SSSR count). The van der Waals surface area contributed by atoms with Crippen molar-refractivity contribution in [3.05, 3.63) is 21.9 Å². The lowest BCUT2D eigenvalue weighted by Crippen LogP contribution is -2.35. The Bertz CT molecular complexity index is 394. The van der Waals surface area contributed by atoms with E-state index in [0.717, 1.165) is 31.6 Å². The molecule has 120 valence electrons. The second-order valence-electron chi connectivity index (χ2n) is 6.75. The Morgan fingerprint density at radius 3 is 2.57 bits per heavy atom. The first-order valence-corrected chi connectivity index (χ1v) is 9.53. The van der Waals surface area contributed by atoms with E-state index >= 15 is 0 Å². The summed E-state index contributed by atoms with van der Waals surface area (Å²) in [6, 6.07) is 5.47. The third-order valence-electron chi connectivity index (χ3n) is 4.43. The van der Waals surface area contributed by atoms with Crippen LogP contribution in [0.4, 0.5) is 0 Å². The average molecular weight is 309 g/mol. The topological polar surface area (TPSA) is 15.3 Å². The largest absolute Gasteiger partial charge is 0.312 e. The van der Waals surface area contributed by atoms with Crippen molar-refractivity contribution in [1.82, 2.24) is 10.2 Å². The van der Waals surface area contributed by atoms with Crippen molar-refractivity contribution in [2.45, 2.75) is 72.0 Å². The number of thiophene rings is 1. The molecule has 1 aromatic heterocycles. The smallest absolute Gasteiger partial charge is 0.0330 e. The van der Waals surface area contributed by atoms with Gasteiger partial charge in [0.15, 0.2) is 0 Å². The van der Waals surface area contributed by atoms with E-state index in [9.17, 15) is 0 Å². The van der Waals surface area contributed by atoms with Gasteiger partial charge in [0.2, 0.25) is 0 Å². The van der Waals surface area contributed by atoms with Crippen LogP contribution < -0.4 is 5.32 Å². The molecule has 0 aliphatic heterocycles. The molecule has 1 aliphatic rings. The molecule has 0 spiro atoms. The van der Waals surface area contributed by atoms with E-state index < -0.39 is 0 Å². The van der Waals surface area contributed by atoms with Crippen molar-refractivity contribution in [1.29, 1.82) is 0 Å². The fraction of sp³-hybridized carbons (Fsp3) is 0.778. The zero-order chi connectivity index (χ0) is 15.1. The van der Waals surface area contributed by atoms with Gasteiger partial charge in [-0.1, -0.05) is 40.0 Å². The Morgan fingerprint density at radius 1 is 1.19 bits per heavy atom. The summed E-state index contributed by atoms with van der Waals surface area (Å²) in [5.41, 5.74) is 0. The molecular weight excluding hydrogens is 276 g/mol. The molecule has 1 aliphatic carbocycles. The van der Waals surface area contributed by atoms with Gasteiger partial charge in [0.05, 0.1) is 0 Å². The Morgan fingerprint density at radius 2 is 1.90 bits per heavy atom. The predicted molar refractivity (Wildman–Crippen MR) is 93.8 cm³/mol. The van der Waals surface area contributed by atoms with Gasteiger partial charge < -0.3 is 5.32 Å². The Hall–Kier alpha value is -0.380. The van der Waals surface area contributed by atoms with Crippen LogP contribution in [0, 0.1) is 5.92 Å². The molecule has 0 unspecified atom stereocenters. The van der Waals surface area contributed by atoms with Gasteiger partial charge in [-0.2, -0.15) is 0 Å². The number of hydrogen-bond donors (Lipinski definition) is 1. The standard InChI is InChI=1S/C18H32N2S/c1-4-20(16-8-6-5-7-9-16)14-18-11-10-17(21-18)13-19-12-15(2)3/h10-11,15-16,19H,4-9,12-14H2,1-3H3. The molecule has 0 amide bonds. The summed E-state index contributed by atoms with van der Waals surface area (Å²) in [5, 5.41) is 3.54. The summed E-state index contributed by atoms with van der Waals surface area (Å²) in [6.45, 7) is 11.3. The van der Waals surface area contributed by atoms with Crippen LogP contribution in [0.15, 0.2) is 12.1 Å². The van der Waals surface area contributed by atoms with Gasteiger partial charge in [0, 0.05) is 28.9 Å². The van der Waals surface area contributed by atoms with Crippen molar-refractivity contribution in [2.24, 2.45) is 5.92 Å². The Balaban J connectivity index is 1.82. The summed E-state index contributed by atoms with van der Waals surface area (Å²) in [5.74, 6) is 0.728. The second-order valence-corrected chi connectivity index (χ2v) is 8.00. The Kier molecular flexibility index (Phi) is 7.21. The molecule has 2 nitrogen and oxygen atoms in total. The first-order valence-electron chi connectivity index (χ1n) is 8.71. The van der Waals surface area contributed by atoms with Gasteiger partial charge in [-0.3, -0.25) is 4.90 Å². The van der Waals surface area contributed by atoms with Gasteiger partial charge in [-0.05, 0) is 44.0 Å². The molecule has 1 aromatic rings. The zero-order valence-corrected chi connectivity index (χ0v) is 14.8. The van der Waals surface area contributed by atoms with Crippen LogP contribution in [0.2, 0.25) is 0 Å². The maximum atomic E-state index is 3.54. The SMILES string of the molecule is CCN(Cc1ccc(CNCC(C)C)s1)C1CCCCC1. The molecule has 1 saturated carbocycles. The maximum absolute atomic E-state index is 3.54. The molecule has 3 heteroatoms. The average Bonchev–Trinajstić information content (AvgIpc) is 2.93. The van der Waals surface area contributed by atoms with Crippen LogP contribution in [0.5, 0.6) is 0 Å². The van der Waals surface area contributed by atoms with E-state index in [4.69, 9.17) is 0 Å². The summed E-state index contributed by atoms with van der Waals surface area (Å²) >= 11 is 1.99. The summed E-state index contributed by atoms with van der Waals surface area (Å²) in [6.07, 6.45) is 7.11. The minimum absolute atomic E-state index is 0.728. The first kappa shape index (κ1) is 17.0. The first-order chi connectivity index (χ1) is 10.2. The minimum Gasteiger partial charge on any atom is -0.312 e. The lowest BCUT2D eigenvalue weighted by atomic mass is 9.94. The highest BCUT2D eigenvalue weighted by atomic mass is 32.1. The molecule has 1 fully saturated rings. The van der Waals surface area contributed by atoms with Gasteiger partial charge in [0.1, 0.15) is 0 Å². The zero-order valence-electron chi connectivity index (χ0n) is 14.0. The van der Waals surface area contributed by atoms with E-state index in [1.165, 1.54) is 48.4 Å². The third-order valence-corrected chi connectivity index (χ3v) is 5.50. The summed E-state index contributed by atoms with van der Waals surface area (Å²) < 4.78 is 0. The minimum atomic E-state index is 0.728. The highest BCUT2D eigenvalue weighted by Crippen LogP contribution is 2.26. The molecule has 1 N–H and O–H groups in total. The van der Waals surface area contributed by atoms with E-state index in [1.807, 2.05) is 11.3 Å². The monoisotopic (exact) mass is 308 g/mol. The van der Waals surface area contributed by atoms with Crippen molar-refractivity contribution in [2.75, 3.05) is 13.1 Å².